The number of hydrogen-bond acceptors (Lipinski definition) is 9. The molecule has 124 valence electrons. The number of pyridine rings is 1. The van der Waals surface area contributed by atoms with E-state index in [9.17, 15) is 9.90 Å². The van der Waals surface area contributed by atoms with E-state index in [0.29, 0.717) is 17.0 Å². The number of anilines is 3. The lowest BCUT2D eigenvalue weighted by molar-refractivity contribution is -0.212. The van der Waals surface area contributed by atoms with E-state index in [1.807, 2.05) is 6.07 Å². The molecule has 3 aromatic rings. The molecule has 1 aromatic carbocycles. The number of nitriles is 1. The maximum Gasteiger partial charge on any atom is 0.244 e. The number of aromatic nitrogens is 1. The SMILES string of the molecule is N#Cc1c(N)nc2c(C([O-])=Nc3ccccc3)c(=O)sc(N)c2c1N. The second-order valence-electron chi connectivity index (χ2n) is 5.00. The van der Waals surface area contributed by atoms with E-state index in [1.165, 1.54) is 0 Å². The minimum Gasteiger partial charge on any atom is -0.858 e. The van der Waals surface area contributed by atoms with Crippen molar-refractivity contribution < 1.29 is 5.11 Å². The third-order valence-corrected chi connectivity index (χ3v) is 4.28. The highest BCUT2D eigenvalue weighted by molar-refractivity contribution is 7.14. The number of rotatable bonds is 2. The van der Waals surface area contributed by atoms with Gasteiger partial charge in [0, 0.05) is 5.90 Å². The van der Waals surface area contributed by atoms with Crippen LogP contribution in [0.3, 0.4) is 0 Å². The average Bonchev–Trinajstić information content (AvgIpc) is 2.55. The van der Waals surface area contributed by atoms with E-state index in [-0.39, 0.29) is 38.5 Å². The second-order valence-corrected chi connectivity index (χ2v) is 6.02. The first-order valence-corrected chi connectivity index (χ1v) is 7.78. The summed E-state index contributed by atoms with van der Waals surface area (Å²) in [5.74, 6) is -0.968. The third-order valence-electron chi connectivity index (χ3n) is 3.47. The molecule has 0 aliphatic rings. The van der Waals surface area contributed by atoms with Gasteiger partial charge in [-0.25, -0.2) is 4.98 Å². The highest BCUT2D eigenvalue weighted by atomic mass is 32.1. The van der Waals surface area contributed by atoms with Gasteiger partial charge in [0.2, 0.25) is 4.74 Å². The van der Waals surface area contributed by atoms with Gasteiger partial charge in [-0.1, -0.05) is 29.5 Å². The molecule has 0 saturated heterocycles. The Morgan fingerprint density at radius 3 is 2.56 bits per heavy atom. The average molecular weight is 351 g/mol. The largest absolute Gasteiger partial charge is 0.858 e. The van der Waals surface area contributed by atoms with Crippen molar-refractivity contribution in [2.75, 3.05) is 17.2 Å². The molecule has 2 aromatic heterocycles. The van der Waals surface area contributed by atoms with Crippen molar-refractivity contribution in [3.05, 3.63) is 51.0 Å². The van der Waals surface area contributed by atoms with Crippen LogP contribution in [0, 0.1) is 11.3 Å². The summed E-state index contributed by atoms with van der Waals surface area (Å²) in [6.45, 7) is 0. The molecular formula is C16H11N6O2S-. The number of fused-ring (bicyclic) bond motifs is 1. The van der Waals surface area contributed by atoms with Gasteiger partial charge in [0.1, 0.15) is 22.5 Å². The van der Waals surface area contributed by atoms with Crippen LogP contribution in [0.5, 0.6) is 0 Å². The molecule has 0 fully saturated rings. The standard InChI is InChI=1S/C16H12N6O2S/c17-6-8-11(18)9-12(22-13(8)19)10(16(24)25-14(9)20)15(23)21-7-4-2-1-3-5-7/h1-5H,18,20H2,(H2,19,22)(H,21,23)/p-1. The fourth-order valence-corrected chi connectivity index (χ4v) is 3.13. The third kappa shape index (κ3) is 2.71. The molecule has 2 heterocycles. The maximum absolute atomic E-state index is 12.5. The lowest BCUT2D eigenvalue weighted by atomic mass is 10.1. The predicted molar refractivity (Wildman–Crippen MR) is 96.5 cm³/mol. The van der Waals surface area contributed by atoms with Crippen LogP contribution in [0.15, 0.2) is 40.1 Å². The van der Waals surface area contributed by atoms with Gasteiger partial charge in [-0.2, -0.15) is 5.26 Å². The van der Waals surface area contributed by atoms with Crippen molar-refractivity contribution in [3.63, 3.8) is 0 Å². The van der Waals surface area contributed by atoms with Crippen molar-refractivity contribution in [1.29, 1.82) is 5.26 Å². The Labute approximate surface area is 145 Å². The Bertz CT molecular complexity index is 1120. The molecule has 0 bridgehead atoms. The van der Waals surface area contributed by atoms with Crippen LogP contribution < -0.4 is 27.1 Å². The zero-order valence-electron chi connectivity index (χ0n) is 12.7. The van der Waals surface area contributed by atoms with Gasteiger partial charge in [-0.3, -0.25) is 9.79 Å². The number of benzene rings is 1. The summed E-state index contributed by atoms with van der Waals surface area (Å²) >= 11 is 0.638. The molecule has 0 aliphatic heterocycles. The van der Waals surface area contributed by atoms with E-state index < -0.39 is 10.6 Å². The van der Waals surface area contributed by atoms with Crippen LogP contribution in [-0.4, -0.2) is 10.9 Å². The minimum atomic E-state index is -0.784. The Morgan fingerprint density at radius 1 is 1.24 bits per heavy atom. The molecule has 3 rings (SSSR count). The molecular weight excluding hydrogens is 340 g/mol. The van der Waals surface area contributed by atoms with Gasteiger partial charge in [-0.15, -0.1) is 0 Å². The summed E-state index contributed by atoms with van der Waals surface area (Å²) < 4.78 is -0.606. The molecule has 0 unspecified atom stereocenters. The summed E-state index contributed by atoms with van der Waals surface area (Å²) in [4.78, 5) is 20.3. The summed E-state index contributed by atoms with van der Waals surface area (Å²) in [5, 5.41) is 21.9. The van der Waals surface area contributed by atoms with Crippen LogP contribution >= 0.6 is 11.3 Å². The molecule has 0 aliphatic carbocycles. The van der Waals surface area contributed by atoms with Gasteiger partial charge >= 0.3 is 0 Å². The molecule has 6 N–H and O–H groups in total. The molecule has 0 saturated carbocycles. The summed E-state index contributed by atoms with van der Waals surface area (Å²) in [6.07, 6.45) is 0. The van der Waals surface area contributed by atoms with Crippen LogP contribution in [0.2, 0.25) is 0 Å². The van der Waals surface area contributed by atoms with Crippen LogP contribution in [0.4, 0.5) is 22.2 Å². The van der Waals surface area contributed by atoms with Gasteiger partial charge in [0.15, 0.2) is 0 Å². The summed E-state index contributed by atoms with van der Waals surface area (Å²) in [7, 11) is 0. The zero-order chi connectivity index (χ0) is 18.1. The fraction of sp³-hybridized carbons (Fsp3) is 0. The topological polar surface area (TPSA) is 167 Å². The minimum absolute atomic E-state index is 0.0208. The van der Waals surface area contributed by atoms with Gasteiger partial charge in [0.05, 0.1) is 27.8 Å². The van der Waals surface area contributed by atoms with Crippen LogP contribution in [0.1, 0.15) is 11.1 Å². The first-order valence-electron chi connectivity index (χ1n) is 6.96. The Hall–Kier alpha value is -3.64. The first kappa shape index (κ1) is 16.2. The van der Waals surface area contributed by atoms with Crippen molar-refractivity contribution in [2.24, 2.45) is 4.99 Å². The first-order chi connectivity index (χ1) is 11.9. The Balaban J connectivity index is 2.39. The smallest absolute Gasteiger partial charge is 0.244 e. The predicted octanol–water partition coefficient (Wildman–Crippen LogP) is 0.713. The lowest BCUT2D eigenvalue weighted by Gasteiger charge is -2.15. The monoisotopic (exact) mass is 351 g/mol. The van der Waals surface area contributed by atoms with Crippen molar-refractivity contribution in [1.82, 2.24) is 4.98 Å². The lowest BCUT2D eigenvalue weighted by Crippen LogP contribution is -2.26. The van der Waals surface area contributed by atoms with Crippen molar-refractivity contribution in [3.8, 4) is 6.07 Å². The van der Waals surface area contributed by atoms with Gasteiger partial charge < -0.3 is 22.3 Å². The Morgan fingerprint density at radius 2 is 1.92 bits per heavy atom. The van der Waals surface area contributed by atoms with Gasteiger partial charge in [-0.05, 0) is 12.1 Å². The summed E-state index contributed by atoms with van der Waals surface area (Å²) in [5.41, 5.74) is 17.5. The molecule has 9 heteroatoms. The fourth-order valence-electron chi connectivity index (χ4n) is 2.33. The number of hydrogen-bond donors (Lipinski definition) is 3. The highest BCUT2D eigenvalue weighted by Crippen LogP contribution is 2.33. The molecule has 0 amide bonds. The van der Waals surface area contributed by atoms with Crippen LogP contribution in [-0.2, 0) is 0 Å². The number of para-hydroxylation sites is 1. The second kappa shape index (κ2) is 6.10. The number of nitrogens with two attached hydrogens (primary N) is 3. The van der Waals surface area contributed by atoms with E-state index >= 15 is 0 Å². The van der Waals surface area contributed by atoms with E-state index in [1.54, 1.807) is 30.3 Å². The van der Waals surface area contributed by atoms with E-state index in [0.717, 1.165) is 0 Å². The summed E-state index contributed by atoms with van der Waals surface area (Å²) in [6, 6.07) is 10.3. The molecule has 8 nitrogen and oxygen atoms in total. The van der Waals surface area contributed by atoms with E-state index in [2.05, 4.69) is 9.98 Å². The molecule has 25 heavy (non-hydrogen) atoms. The highest BCUT2D eigenvalue weighted by Gasteiger charge is 2.19. The molecule has 0 radical (unpaired) electrons. The number of nitrogen functional groups attached to an aromatic ring is 3. The Kier molecular flexibility index (Phi) is 3.96. The quantitative estimate of drug-likeness (QED) is 0.451. The molecule has 0 atom stereocenters. The normalized spacial score (nSPS) is 11.4. The number of nitrogens with zero attached hydrogens (tertiary/aromatic N) is 3. The number of aliphatic imine (C=N–C) groups is 1. The van der Waals surface area contributed by atoms with Crippen molar-refractivity contribution >= 4 is 50.3 Å². The zero-order valence-corrected chi connectivity index (χ0v) is 13.5. The van der Waals surface area contributed by atoms with Crippen molar-refractivity contribution in [2.45, 2.75) is 0 Å². The van der Waals surface area contributed by atoms with E-state index in [4.69, 9.17) is 22.5 Å². The molecule has 0 spiro atoms. The maximum atomic E-state index is 12.5. The van der Waals surface area contributed by atoms with Crippen LogP contribution in [0.25, 0.3) is 10.9 Å². The van der Waals surface area contributed by atoms with Gasteiger partial charge in [0.25, 0.3) is 0 Å².